The summed E-state index contributed by atoms with van der Waals surface area (Å²) < 4.78 is 0. The van der Waals surface area contributed by atoms with Crippen LogP contribution < -0.4 is 10.2 Å². The van der Waals surface area contributed by atoms with Gasteiger partial charge in [-0.2, -0.15) is 0 Å². The number of nitrogens with zero attached hydrogens (tertiary/aromatic N) is 3. The molecule has 3 N–H and O–H groups in total. The Hall–Kier alpha value is -2.73. The van der Waals surface area contributed by atoms with E-state index in [0.29, 0.717) is 12.3 Å². The SMILES string of the molecule is CCNC(=NCC1(O)CCc2ccccc21)N1CCN(c2ccccc2O)CC1. The Labute approximate surface area is 172 Å². The number of aromatic hydroxyl groups is 1. The summed E-state index contributed by atoms with van der Waals surface area (Å²) in [6.45, 7) is 6.47. The van der Waals surface area contributed by atoms with Crippen LogP contribution in [0.15, 0.2) is 53.5 Å². The Bertz CT molecular complexity index is 877. The quantitative estimate of drug-likeness (QED) is 0.548. The van der Waals surface area contributed by atoms with E-state index < -0.39 is 5.60 Å². The summed E-state index contributed by atoms with van der Waals surface area (Å²) in [6.07, 6.45) is 1.62. The van der Waals surface area contributed by atoms with E-state index in [-0.39, 0.29) is 0 Å². The number of piperazine rings is 1. The summed E-state index contributed by atoms with van der Waals surface area (Å²) in [6, 6.07) is 15.6. The fourth-order valence-corrected chi connectivity index (χ4v) is 4.35. The zero-order valence-corrected chi connectivity index (χ0v) is 17.0. The van der Waals surface area contributed by atoms with Crippen LogP contribution in [0.1, 0.15) is 24.5 Å². The van der Waals surface area contributed by atoms with Crippen molar-refractivity contribution < 1.29 is 10.2 Å². The lowest BCUT2D eigenvalue weighted by atomic mass is 9.96. The lowest BCUT2D eigenvalue weighted by Gasteiger charge is -2.38. The summed E-state index contributed by atoms with van der Waals surface area (Å²) in [5.41, 5.74) is 2.25. The van der Waals surface area contributed by atoms with Gasteiger partial charge in [0.15, 0.2) is 5.96 Å². The second-order valence-corrected chi connectivity index (χ2v) is 7.82. The fourth-order valence-electron chi connectivity index (χ4n) is 4.35. The van der Waals surface area contributed by atoms with E-state index in [1.54, 1.807) is 6.07 Å². The van der Waals surface area contributed by atoms with Gasteiger partial charge in [0.2, 0.25) is 0 Å². The largest absolute Gasteiger partial charge is 0.506 e. The maximum Gasteiger partial charge on any atom is 0.194 e. The first-order chi connectivity index (χ1) is 14.1. The molecule has 0 aromatic heterocycles. The van der Waals surface area contributed by atoms with Crippen LogP contribution in [0, 0.1) is 0 Å². The zero-order valence-electron chi connectivity index (χ0n) is 17.0. The molecule has 1 heterocycles. The molecule has 1 saturated heterocycles. The van der Waals surface area contributed by atoms with Crippen LogP contribution in [0.3, 0.4) is 0 Å². The number of para-hydroxylation sites is 2. The van der Waals surface area contributed by atoms with Crippen LogP contribution in [-0.2, 0) is 12.0 Å². The number of phenolic OH excluding ortho intramolecular Hbond substituents is 1. The Kier molecular flexibility index (Phi) is 5.62. The summed E-state index contributed by atoms with van der Waals surface area (Å²) in [5, 5.41) is 24.7. The van der Waals surface area contributed by atoms with Crippen molar-refractivity contribution in [3.8, 4) is 5.75 Å². The Morgan fingerprint density at radius 2 is 1.79 bits per heavy atom. The lowest BCUT2D eigenvalue weighted by Crippen LogP contribution is -2.53. The molecular formula is C23H30N4O2. The van der Waals surface area contributed by atoms with Crippen LogP contribution in [0.4, 0.5) is 5.69 Å². The molecule has 1 fully saturated rings. The van der Waals surface area contributed by atoms with Crippen molar-refractivity contribution >= 4 is 11.6 Å². The molecule has 0 amide bonds. The number of aryl methyl sites for hydroxylation is 1. The van der Waals surface area contributed by atoms with E-state index >= 15 is 0 Å². The van der Waals surface area contributed by atoms with Crippen molar-refractivity contribution in [1.82, 2.24) is 10.2 Å². The van der Waals surface area contributed by atoms with Gasteiger partial charge in [0.25, 0.3) is 0 Å². The molecule has 0 radical (unpaired) electrons. The van der Waals surface area contributed by atoms with Gasteiger partial charge < -0.3 is 25.3 Å². The van der Waals surface area contributed by atoms with Gasteiger partial charge in [0, 0.05) is 32.7 Å². The minimum Gasteiger partial charge on any atom is -0.506 e. The summed E-state index contributed by atoms with van der Waals surface area (Å²) in [4.78, 5) is 9.26. The second kappa shape index (κ2) is 8.33. The molecule has 1 unspecified atom stereocenters. The second-order valence-electron chi connectivity index (χ2n) is 7.82. The van der Waals surface area contributed by atoms with E-state index in [4.69, 9.17) is 4.99 Å². The molecule has 2 aromatic carbocycles. The summed E-state index contributed by atoms with van der Waals surface area (Å²) >= 11 is 0. The van der Waals surface area contributed by atoms with Gasteiger partial charge in [-0.25, -0.2) is 4.99 Å². The van der Waals surface area contributed by atoms with Crippen LogP contribution in [0.25, 0.3) is 0 Å². The molecule has 0 saturated carbocycles. The van der Waals surface area contributed by atoms with E-state index in [1.807, 2.05) is 36.4 Å². The minimum absolute atomic E-state index is 0.323. The number of anilines is 1. The molecule has 6 nitrogen and oxygen atoms in total. The van der Waals surface area contributed by atoms with Gasteiger partial charge in [-0.1, -0.05) is 36.4 Å². The number of guanidine groups is 1. The number of nitrogens with one attached hydrogen (secondary N) is 1. The van der Waals surface area contributed by atoms with Gasteiger partial charge in [-0.15, -0.1) is 0 Å². The fraction of sp³-hybridized carbons (Fsp3) is 0.435. The van der Waals surface area contributed by atoms with Crippen molar-refractivity contribution in [1.29, 1.82) is 0 Å². The Balaban J connectivity index is 1.44. The number of rotatable bonds is 4. The number of phenols is 1. The molecule has 1 aliphatic heterocycles. The van der Waals surface area contributed by atoms with E-state index in [9.17, 15) is 10.2 Å². The minimum atomic E-state index is -0.880. The first-order valence-electron chi connectivity index (χ1n) is 10.5. The average molecular weight is 395 g/mol. The third-order valence-electron chi connectivity index (χ3n) is 5.95. The zero-order chi connectivity index (χ0) is 20.3. The molecule has 29 heavy (non-hydrogen) atoms. The highest BCUT2D eigenvalue weighted by Gasteiger charge is 2.36. The van der Waals surface area contributed by atoms with Crippen LogP contribution in [0.5, 0.6) is 5.75 Å². The molecule has 6 heteroatoms. The monoisotopic (exact) mass is 394 g/mol. The Morgan fingerprint density at radius 1 is 1.07 bits per heavy atom. The molecule has 4 rings (SSSR count). The normalized spacial score (nSPS) is 21.9. The number of fused-ring (bicyclic) bond motifs is 1. The number of aliphatic imine (C=N–C) groups is 1. The first-order valence-corrected chi connectivity index (χ1v) is 10.5. The summed E-state index contributed by atoms with van der Waals surface area (Å²) in [5.74, 6) is 1.17. The standard InChI is InChI=1S/C23H30N4O2/c1-2-24-22(25-17-23(29)12-11-18-7-3-4-8-19(18)23)27-15-13-26(14-16-27)20-9-5-6-10-21(20)28/h3-10,28-29H,2,11-17H2,1H3,(H,24,25). The highest BCUT2D eigenvalue weighted by molar-refractivity contribution is 5.80. The van der Waals surface area contributed by atoms with Gasteiger partial charge in [-0.05, 0) is 43.0 Å². The summed E-state index contributed by atoms with van der Waals surface area (Å²) in [7, 11) is 0. The third-order valence-corrected chi connectivity index (χ3v) is 5.95. The van der Waals surface area contributed by atoms with Gasteiger partial charge in [-0.3, -0.25) is 0 Å². The Morgan fingerprint density at radius 3 is 2.55 bits per heavy atom. The number of hydrogen-bond donors (Lipinski definition) is 3. The van der Waals surface area contributed by atoms with Gasteiger partial charge in [0.1, 0.15) is 11.4 Å². The average Bonchev–Trinajstić information content (AvgIpc) is 3.09. The molecule has 2 aliphatic rings. The van der Waals surface area contributed by atoms with Crippen molar-refractivity contribution in [3.63, 3.8) is 0 Å². The van der Waals surface area contributed by atoms with Crippen molar-refractivity contribution in [3.05, 3.63) is 59.7 Å². The third kappa shape index (κ3) is 4.03. The molecule has 1 aliphatic carbocycles. The van der Waals surface area contributed by atoms with E-state index in [2.05, 4.69) is 28.1 Å². The predicted octanol–water partition coefficient (Wildman–Crippen LogP) is 2.31. The highest BCUT2D eigenvalue weighted by atomic mass is 16.3. The molecule has 1 atom stereocenters. The van der Waals surface area contributed by atoms with E-state index in [0.717, 1.165) is 62.8 Å². The van der Waals surface area contributed by atoms with Gasteiger partial charge in [0.05, 0.1) is 12.2 Å². The molecule has 0 bridgehead atoms. The van der Waals surface area contributed by atoms with Crippen molar-refractivity contribution in [2.45, 2.75) is 25.4 Å². The van der Waals surface area contributed by atoms with Crippen molar-refractivity contribution in [2.75, 3.05) is 44.2 Å². The van der Waals surface area contributed by atoms with Crippen LogP contribution >= 0.6 is 0 Å². The number of hydrogen-bond acceptors (Lipinski definition) is 4. The maximum absolute atomic E-state index is 11.2. The number of aliphatic hydroxyl groups is 1. The molecule has 154 valence electrons. The number of benzene rings is 2. The predicted molar refractivity (Wildman–Crippen MR) is 117 cm³/mol. The lowest BCUT2D eigenvalue weighted by molar-refractivity contribution is 0.0482. The highest BCUT2D eigenvalue weighted by Crippen LogP contribution is 2.37. The smallest absolute Gasteiger partial charge is 0.194 e. The topological polar surface area (TPSA) is 71.3 Å². The van der Waals surface area contributed by atoms with Gasteiger partial charge >= 0.3 is 0 Å². The van der Waals surface area contributed by atoms with E-state index in [1.165, 1.54) is 5.56 Å². The molecular weight excluding hydrogens is 364 g/mol. The molecule has 0 spiro atoms. The van der Waals surface area contributed by atoms with Crippen LogP contribution in [0.2, 0.25) is 0 Å². The van der Waals surface area contributed by atoms with Crippen LogP contribution in [-0.4, -0.2) is 60.3 Å². The van der Waals surface area contributed by atoms with Crippen molar-refractivity contribution in [2.24, 2.45) is 4.99 Å². The maximum atomic E-state index is 11.2. The molecule has 2 aromatic rings. The first kappa shape index (κ1) is 19.6.